The van der Waals surface area contributed by atoms with Crippen LogP contribution in [0.25, 0.3) is 0 Å². The molecule has 2 rings (SSSR count). The van der Waals surface area contributed by atoms with Crippen LogP contribution in [0.2, 0.25) is 0 Å². The first kappa shape index (κ1) is 17.8. The van der Waals surface area contributed by atoms with Crippen LogP contribution in [0.3, 0.4) is 0 Å². The summed E-state index contributed by atoms with van der Waals surface area (Å²) in [5.41, 5.74) is 4.38. The van der Waals surface area contributed by atoms with Crippen molar-refractivity contribution in [3.8, 4) is 0 Å². The number of carbonyl (C=O) groups excluding carboxylic acids is 3. The van der Waals surface area contributed by atoms with E-state index in [1.54, 1.807) is 0 Å². The standard InChI is InChI=1S/C17H29N3O3/c18-14(21)10-13-20-15(22)17(19-16(20)23)11-8-6-4-2-1-3-5-7-9-12-17/h1-13H2,(H2,18,21)(H,19,23). The lowest BCUT2D eigenvalue weighted by atomic mass is 9.85. The molecule has 3 N–H and O–H groups in total. The van der Waals surface area contributed by atoms with E-state index in [2.05, 4.69) is 5.32 Å². The van der Waals surface area contributed by atoms with Crippen molar-refractivity contribution >= 4 is 17.8 Å². The largest absolute Gasteiger partial charge is 0.370 e. The van der Waals surface area contributed by atoms with Gasteiger partial charge in [-0.15, -0.1) is 0 Å². The summed E-state index contributed by atoms with van der Waals surface area (Å²) in [5.74, 6) is -0.661. The van der Waals surface area contributed by atoms with Crippen LogP contribution in [0.4, 0.5) is 4.79 Å². The van der Waals surface area contributed by atoms with E-state index in [0.717, 1.165) is 25.7 Å². The number of nitrogens with two attached hydrogens (primary N) is 1. The smallest absolute Gasteiger partial charge is 0.325 e. The number of imide groups is 1. The van der Waals surface area contributed by atoms with Gasteiger partial charge < -0.3 is 11.1 Å². The van der Waals surface area contributed by atoms with Crippen LogP contribution in [0.1, 0.15) is 77.0 Å². The first-order valence-corrected chi connectivity index (χ1v) is 8.98. The lowest BCUT2D eigenvalue weighted by Crippen LogP contribution is -2.47. The minimum atomic E-state index is -0.756. The molecular weight excluding hydrogens is 294 g/mol. The lowest BCUT2D eigenvalue weighted by Gasteiger charge is -2.27. The number of nitrogens with one attached hydrogen (secondary N) is 1. The topological polar surface area (TPSA) is 92.5 Å². The molecule has 1 saturated heterocycles. The maximum atomic E-state index is 12.8. The highest BCUT2D eigenvalue weighted by molar-refractivity contribution is 6.07. The van der Waals surface area contributed by atoms with Gasteiger partial charge in [0.25, 0.3) is 5.91 Å². The van der Waals surface area contributed by atoms with Crippen molar-refractivity contribution < 1.29 is 14.4 Å². The van der Waals surface area contributed by atoms with E-state index in [4.69, 9.17) is 5.73 Å². The average molecular weight is 323 g/mol. The van der Waals surface area contributed by atoms with E-state index in [0.29, 0.717) is 12.8 Å². The molecule has 1 aliphatic carbocycles. The number of nitrogens with zero attached hydrogens (tertiary/aromatic N) is 1. The van der Waals surface area contributed by atoms with Crippen molar-refractivity contribution in [1.82, 2.24) is 10.2 Å². The van der Waals surface area contributed by atoms with E-state index in [1.165, 1.54) is 37.0 Å². The second kappa shape index (κ2) is 8.31. The van der Waals surface area contributed by atoms with Crippen LogP contribution in [-0.4, -0.2) is 34.8 Å². The summed E-state index contributed by atoms with van der Waals surface area (Å²) < 4.78 is 0. The molecule has 0 aromatic rings. The number of urea groups is 1. The van der Waals surface area contributed by atoms with Gasteiger partial charge in [-0.2, -0.15) is 0 Å². The normalized spacial score (nSPS) is 23.2. The predicted molar refractivity (Wildman–Crippen MR) is 87.6 cm³/mol. The third-order valence-electron chi connectivity index (χ3n) is 5.03. The first-order valence-electron chi connectivity index (χ1n) is 8.98. The molecule has 0 radical (unpaired) electrons. The molecule has 0 unspecified atom stereocenters. The maximum absolute atomic E-state index is 12.8. The summed E-state index contributed by atoms with van der Waals surface area (Å²) in [6.45, 7) is 0.0851. The SMILES string of the molecule is NC(=O)CCN1C(=O)NC2(CCCCCCCCCCC2)C1=O. The van der Waals surface area contributed by atoms with E-state index in [-0.39, 0.29) is 24.9 Å². The van der Waals surface area contributed by atoms with E-state index >= 15 is 0 Å². The highest BCUT2D eigenvalue weighted by atomic mass is 16.2. The van der Waals surface area contributed by atoms with Crippen molar-refractivity contribution in [1.29, 1.82) is 0 Å². The highest BCUT2D eigenvalue weighted by Gasteiger charge is 2.49. The van der Waals surface area contributed by atoms with Gasteiger partial charge in [0.2, 0.25) is 5.91 Å². The first-order chi connectivity index (χ1) is 11.1. The molecule has 23 heavy (non-hydrogen) atoms. The van der Waals surface area contributed by atoms with Crippen molar-refractivity contribution in [2.45, 2.75) is 82.6 Å². The Balaban J connectivity index is 2.04. The minimum Gasteiger partial charge on any atom is -0.370 e. The van der Waals surface area contributed by atoms with Crippen LogP contribution in [0.5, 0.6) is 0 Å². The van der Waals surface area contributed by atoms with Crippen LogP contribution < -0.4 is 11.1 Å². The molecule has 1 heterocycles. The lowest BCUT2D eigenvalue weighted by molar-refractivity contribution is -0.132. The molecule has 1 saturated carbocycles. The second-order valence-electron chi connectivity index (χ2n) is 6.87. The molecule has 1 spiro atoms. The number of hydrogen-bond acceptors (Lipinski definition) is 3. The summed E-state index contributed by atoms with van der Waals surface area (Å²) >= 11 is 0. The van der Waals surface area contributed by atoms with Gasteiger partial charge in [0.05, 0.1) is 0 Å². The molecule has 1 aliphatic heterocycles. The number of primary amides is 1. The maximum Gasteiger partial charge on any atom is 0.325 e. The molecule has 130 valence electrons. The van der Waals surface area contributed by atoms with E-state index in [1.807, 2.05) is 0 Å². The Kier molecular flexibility index (Phi) is 6.42. The molecule has 4 amide bonds. The van der Waals surface area contributed by atoms with Crippen molar-refractivity contribution in [3.05, 3.63) is 0 Å². The Morgan fingerprint density at radius 2 is 1.43 bits per heavy atom. The average Bonchev–Trinajstić information content (AvgIpc) is 2.72. The van der Waals surface area contributed by atoms with Gasteiger partial charge >= 0.3 is 6.03 Å². The number of amides is 4. The Bertz CT molecular complexity index is 438. The quantitative estimate of drug-likeness (QED) is 0.781. The summed E-state index contributed by atoms with van der Waals surface area (Å²) in [7, 11) is 0. The van der Waals surface area contributed by atoms with Crippen LogP contribution >= 0.6 is 0 Å². The monoisotopic (exact) mass is 323 g/mol. The van der Waals surface area contributed by atoms with Crippen molar-refractivity contribution in [3.63, 3.8) is 0 Å². The van der Waals surface area contributed by atoms with Crippen molar-refractivity contribution in [2.75, 3.05) is 6.54 Å². The van der Waals surface area contributed by atoms with Gasteiger partial charge in [0.1, 0.15) is 5.54 Å². The fourth-order valence-electron chi connectivity index (χ4n) is 3.66. The molecular formula is C17H29N3O3. The third-order valence-corrected chi connectivity index (χ3v) is 5.03. The summed E-state index contributed by atoms with van der Waals surface area (Å²) in [4.78, 5) is 37.1. The number of hydrogen-bond donors (Lipinski definition) is 2. The Morgan fingerprint density at radius 1 is 0.957 bits per heavy atom. The van der Waals surface area contributed by atoms with Gasteiger partial charge in [-0.3, -0.25) is 14.5 Å². The Hall–Kier alpha value is -1.59. The van der Waals surface area contributed by atoms with Crippen molar-refractivity contribution in [2.24, 2.45) is 5.73 Å². The molecule has 6 nitrogen and oxygen atoms in total. The Labute approximate surface area is 138 Å². The summed E-state index contributed by atoms with van der Waals surface area (Å²) in [6.07, 6.45) is 11.8. The molecule has 0 atom stereocenters. The van der Waals surface area contributed by atoms with Gasteiger partial charge in [-0.05, 0) is 12.8 Å². The van der Waals surface area contributed by atoms with Gasteiger partial charge in [0, 0.05) is 13.0 Å². The molecule has 2 aliphatic rings. The molecule has 0 aromatic heterocycles. The fourth-order valence-corrected chi connectivity index (χ4v) is 3.66. The summed E-state index contributed by atoms with van der Waals surface area (Å²) in [6, 6.07) is -0.372. The summed E-state index contributed by atoms with van der Waals surface area (Å²) in [5, 5.41) is 2.93. The highest BCUT2D eigenvalue weighted by Crippen LogP contribution is 2.30. The molecule has 0 aromatic carbocycles. The zero-order valence-electron chi connectivity index (χ0n) is 13.9. The van der Waals surface area contributed by atoms with Crippen LogP contribution in [-0.2, 0) is 9.59 Å². The fraction of sp³-hybridized carbons (Fsp3) is 0.824. The van der Waals surface area contributed by atoms with E-state index < -0.39 is 11.4 Å². The minimum absolute atomic E-state index is 0.0231. The van der Waals surface area contributed by atoms with Gasteiger partial charge in [0.15, 0.2) is 0 Å². The van der Waals surface area contributed by atoms with Gasteiger partial charge in [-0.1, -0.05) is 57.8 Å². The Morgan fingerprint density at radius 3 is 1.91 bits per heavy atom. The van der Waals surface area contributed by atoms with E-state index in [9.17, 15) is 14.4 Å². The third kappa shape index (κ3) is 4.69. The zero-order valence-corrected chi connectivity index (χ0v) is 13.9. The second-order valence-corrected chi connectivity index (χ2v) is 6.87. The zero-order chi connectivity index (χ0) is 16.7. The number of carbonyl (C=O) groups is 3. The molecule has 2 fully saturated rings. The van der Waals surface area contributed by atoms with Crippen LogP contribution in [0, 0.1) is 0 Å². The predicted octanol–water partition coefficient (Wildman–Crippen LogP) is 2.46. The van der Waals surface area contributed by atoms with Crippen LogP contribution in [0.15, 0.2) is 0 Å². The van der Waals surface area contributed by atoms with Gasteiger partial charge in [-0.25, -0.2) is 4.79 Å². The molecule has 0 bridgehead atoms. The molecule has 6 heteroatoms. The number of rotatable bonds is 3.